The highest BCUT2D eigenvalue weighted by Crippen LogP contribution is 2.43. The minimum Gasteiger partial charge on any atom is -0.495 e. The highest BCUT2D eigenvalue weighted by Gasteiger charge is 2.44. The summed E-state index contributed by atoms with van der Waals surface area (Å²) in [7, 11) is 1.56. The molecule has 0 bridgehead atoms. The van der Waals surface area contributed by atoms with Crippen LogP contribution in [0.5, 0.6) is 5.75 Å². The molecular formula is C27H27F3N6O2. The van der Waals surface area contributed by atoms with E-state index in [9.17, 15) is 18.0 Å². The maximum atomic E-state index is 13.6. The largest absolute Gasteiger partial charge is 0.495 e. The van der Waals surface area contributed by atoms with Crippen LogP contribution in [-0.4, -0.2) is 50.3 Å². The van der Waals surface area contributed by atoms with E-state index in [0.29, 0.717) is 22.6 Å². The normalized spacial score (nSPS) is 17.3. The van der Waals surface area contributed by atoms with Gasteiger partial charge in [-0.1, -0.05) is 43.3 Å². The molecule has 0 fully saturated rings. The van der Waals surface area contributed by atoms with Gasteiger partial charge < -0.3 is 14.2 Å². The number of hydrogen-bond acceptors (Lipinski definition) is 5. The van der Waals surface area contributed by atoms with E-state index in [1.807, 2.05) is 43.7 Å². The second kappa shape index (κ2) is 9.30. The Kier molecular flexibility index (Phi) is 6.24. The van der Waals surface area contributed by atoms with Crippen molar-refractivity contribution in [3.8, 4) is 22.7 Å². The van der Waals surface area contributed by atoms with Crippen LogP contribution in [0.4, 0.5) is 18.9 Å². The number of para-hydroxylation sites is 1. The molecule has 0 aliphatic carbocycles. The summed E-state index contributed by atoms with van der Waals surface area (Å²) >= 11 is 0. The molecule has 0 N–H and O–H groups in total. The van der Waals surface area contributed by atoms with Gasteiger partial charge in [0, 0.05) is 17.4 Å². The van der Waals surface area contributed by atoms with Crippen molar-refractivity contribution in [1.29, 1.82) is 0 Å². The Bertz CT molecular complexity index is 1490. The van der Waals surface area contributed by atoms with Gasteiger partial charge in [0.05, 0.1) is 31.0 Å². The van der Waals surface area contributed by atoms with Crippen molar-refractivity contribution in [3.63, 3.8) is 0 Å². The lowest BCUT2D eigenvalue weighted by Crippen LogP contribution is -2.42. The first-order valence-corrected chi connectivity index (χ1v) is 12.1. The van der Waals surface area contributed by atoms with Crippen LogP contribution in [0.1, 0.15) is 37.6 Å². The van der Waals surface area contributed by atoms with Gasteiger partial charge in [-0.15, -0.1) is 5.10 Å². The number of rotatable bonds is 5. The number of ether oxygens (including phenoxy) is 1. The standard InChI is InChI=1S/C27H27F3N6O2/c1-17-13-34(16-31-17)22-10-9-18(11-24(22)38-4)20-14-36(33-32-20)23-12-26(2,3)19-7-5-6-8-21(19)35(25(23)37)15-27(28,29)30/h5-11,13-14,16,23H,12,15H2,1-4H3/t23-/m1/s1. The van der Waals surface area contributed by atoms with E-state index in [0.717, 1.165) is 16.3 Å². The van der Waals surface area contributed by atoms with Gasteiger partial charge in [0.25, 0.3) is 5.91 Å². The second-order valence-corrected chi connectivity index (χ2v) is 10.1. The molecule has 0 saturated carbocycles. The number of anilines is 1. The molecule has 0 spiro atoms. The molecule has 1 atom stereocenters. The molecule has 4 aromatic rings. The van der Waals surface area contributed by atoms with Gasteiger partial charge >= 0.3 is 6.18 Å². The summed E-state index contributed by atoms with van der Waals surface area (Å²) in [6.45, 7) is 4.34. The number of hydrogen-bond donors (Lipinski definition) is 0. The van der Waals surface area contributed by atoms with Gasteiger partial charge in [-0.05, 0) is 42.5 Å². The number of aromatic nitrogens is 5. The van der Waals surface area contributed by atoms with Crippen LogP contribution < -0.4 is 9.64 Å². The van der Waals surface area contributed by atoms with E-state index < -0.39 is 30.1 Å². The predicted octanol–water partition coefficient (Wildman–Crippen LogP) is 5.27. The van der Waals surface area contributed by atoms with Gasteiger partial charge in [-0.25, -0.2) is 9.67 Å². The average Bonchev–Trinajstić information content (AvgIpc) is 3.52. The Morgan fingerprint density at radius 1 is 1.11 bits per heavy atom. The van der Waals surface area contributed by atoms with Crippen molar-refractivity contribution >= 4 is 11.6 Å². The zero-order valence-electron chi connectivity index (χ0n) is 21.4. The SMILES string of the molecule is COc1cc(-c2cn([C@@H]3CC(C)(C)c4ccccc4N(CC(F)(F)F)C3=O)nn2)ccc1-n1cnc(C)c1. The molecule has 1 aliphatic rings. The summed E-state index contributed by atoms with van der Waals surface area (Å²) in [6, 6.07) is 11.3. The van der Waals surface area contributed by atoms with Crippen molar-refractivity contribution in [2.24, 2.45) is 0 Å². The van der Waals surface area contributed by atoms with Crippen LogP contribution in [-0.2, 0) is 10.2 Å². The topological polar surface area (TPSA) is 78.1 Å². The number of alkyl halides is 3. The van der Waals surface area contributed by atoms with Crippen LogP contribution in [0.25, 0.3) is 16.9 Å². The van der Waals surface area contributed by atoms with Crippen molar-refractivity contribution in [1.82, 2.24) is 24.5 Å². The van der Waals surface area contributed by atoms with Crippen molar-refractivity contribution < 1.29 is 22.7 Å². The minimum atomic E-state index is -4.57. The average molecular weight is 525 g/mol. The molecular weight excluding hydrogens is 497 g/mol. The molecule has 3 heterocycles. The Morgan fingerprint density at radius 2 is 1.87 bits per heavy atom. The summed E-state index contributed by atoms with van der Waals surface area (Å²) in [5.41, 5.74) is 3.13. The smallest absolute Gasteiger partial charge is 0.406 e. The fourth-order valence-corrected chi connectivity index (χ4v) is 4.97. The van der Waals surface area contributed by atoms with E-state index in [1.165, 1.54) is 4.68 Å². The molecule has 1 amide bonds. The number of amides is 1. The molecule has 0 radical (unpaired) electrons. The number of carbonyl (C=O) groups excluding carboxylic acids is 1. The molecule has 1 aliphatic heterocycles. The van der Waals surface area contributed by atoms with Crippen LogP contribution in [0.15, 0.2) is 61.2 Å². The third-order valence-corrected chi connectivity index (χ3v) is 6.81. The highest BCUT2D eigenvalue weighted by molar-refractivity contribution is 5.98. The number of halogens is 3. The third kappa shape index (κ3) is 4.75. The zero-order chi connectivity index (χ0) is 27.2. The Balaban J connectivity index is 1.52. The highest BCUT2D eigenvalue weighted by atomic mass is 19.4. The summed E-state index contributed by atoms with van der Waals surface area (Å²) < 4.78 is 49.5. The summed E-state index contributed by atoms with van der Waals surface area (Å²) in [4.78, 5) is 18.7. The first kappa shape index (κ1) is 25.5. The maximum absolute atomic E-state index is 13.6. The molecule has 0 unspecified atom stereocenters. The fourth-order valence-electron chi connectivity index (χ4n) is 4.97. The number of aryl methyl sites for hydroxylation is 1. The lowest BCUT2D eigenvalue weighted by Gasteiger charge is -2.27. The minimum absolute atomic E-state index is 0.252. The quantitative estimate of drug-likeness (QED) is 0.356. The van der Waals surface area contributed by atoms with Gasteiger partial charge in [0.2, 0.25) is 0 Å². The van der Waals surface area contributed by atoms with Crippen LogP contribution in [0, 0.1) is 6.92 Å². The number of fused-ring (bicyclic) bond motifs is 1. The first-order chi connectivity index (χ1) is 18.0. The summed E-state index contributed by atoms with van der Waals surface area (Å²) in [6.07, 6.45) is 0.838. The van der Waals surface area contributed by atoms with Crippen LogP contribution in [0.3, 0.4) is 0 Å². The Labute approximate surface area is 217 Å². The van der Waals surface area contributed by atoms with E-state index >= 15 is 0 Å². The van der Waals surface area contributed by atoms with Gasteiger partial charge in [0.15, 0.2) is 0 Å². The summed E-state index contributed by atoms with van der Waals surface area (Å²) in [5.74, 6) is -0.104. The van der Waals surface area contributed by atoms with E-state index in [2.05, 4.69) is 15.3 Å². The molecule has 8 nitrogen and oxygen atoms in total. The predicted molar refractivity (Wildman–Crippen MR) is 135 cm³/mol. The number of methoxy groups -OCH3 is 1. The summed E-state index contributed by atoms with van der Waals surface area (Å²) in [5, 5.41) is 8.44. The van der Waals surface area contributed by atoms with Crippen molar-refractivity contribution in [3.05, 3.63) is 72.4 Å². The van der Waals surface area contributed by atoms with Crippen molar-refractivity contribution in [2.75, 3.05) is 18.6 Å². The van der Waals surface area contributed by atoms with Crippen LogP contribution in [0.2, 0.25) is 0 Å². The number of imidazole rings is 1. The maximum Gasteiger partial charge on any atom is 0.406 e. The lowest BCUT2D eigenvalue weighted by atomic mass is 9.79. The van der Waals surface area contributed by atoms with E-state index in [-0.39, 0.29) is 12.1 Å². The lowest BCUT2D eigenvalue weighted by molar-refractivity contribution is -0.134. The third-order valence-electron chi connectivity index (χ3n) is 6.81. The molecule has 2 aromatic carbocycles. The van der Waals surface area contributed by atoms with Gasteiger partial charge in [-0.2, -0.15) is 13.2 Å². The second-order valence-electron chi connectivity index (χ2n) is 10.1. The first-order valence-electron chi connectivity index (χ1n) is 12.1. The molecule has 5 rings (SSSR count). The monoisotopic (exact) mass is 524 g/mol. The number of benzene rings is 2. The van der Waals surface area contributed by atoms with Gasteiger partial charge in [0.1, 0.15) is 24.0 Å². The van der Waals surface area contributed by atoms with Crippen molar-refractivity contribution in [2.45, 2.75) is 44.8 Å². The molecule has 0 saturated heterocycles. The molecule has 11 heteroatoms. The number of nitrogens with zero attached hydrogens (tertiary/aromatic N) is 6. The zero-order valence-corrected chi connectivity index (χ0v) is 21.4. The molecule has 2 aromatic heterocycles. The van der Waals surface area contributed by atoms with Crippen LogP contribution >= 0.6 is 0 Å². The molecule has 38 heavy (non-hydrogen) atoms. The number of carbonyl (C=O) groups is 1. The van der Waals surface area contributed by atoms with E-state index in [1.54, 1.807) is 50.0 Å². The molecule has 198 valence electrons. The Hall–Kier alpha value is -4.15. The Morgan fingerprint density at radius 3 is 2.55 bits per heavy atom. The fraction of sp³-hybridized carbons (Fsp3) is 0.333. The van der Waals surface area contributed by atoms with E-state index in [4.69, 9.17) is 4.74 Å². The van der Waals surface area contributed by atoms with Gasteiger partial charge in [-0.3, -0.25) is 4.79 Å².